The number of nitrogens with one attached hydrogen (secondary N) is 1. The lowest BCUT2D eigenvalue weighted by Crippen LogP contribution is -2.20. The summed E-state index contributed by atoms with van der Waals surface area (Å²) < 4.78 is 1.15. The third-order valence-corrected chi connectivity index (χ3v) is 4.78. The van der Waals surface area contributed by atoms with Crippen LogP contribution in [0.3, 0.4) is 0 Å². The Kier molecular flexibility index (Phi) is 6.21. The molecule has 0 bridgehead atoms. The molecule has 1 N–H and O–H groups in total. The fraction of sp³-hybridized carbons (Fsp3) is 0.438. The van der Waals surface area contributed by atoms with Crippen molar-refractivity contribution >= 4 is 33.1 Å². The topological polar surface area (TPSA) is 28.2 Å². The van der Waals surface area contributed by atoms with Crippen molar-refractivity contribution in [2.24, 2.45) is 5.92 Å². The van der Waals surface area contributed by atoms with E-state index in [9.17, 15) is 0 Å². The number of rotatable bonds is 7. The van der Waals surface area contributed by atoms with Gasteiger partial charge in [-0.05, 0) is 46.1 Å². The molecular weight excluding hydrogens is 346 g/mol. The van der Waals surface area contributed by atoms with Gasteiger partial charge in [-0.25, -0.2) is 4.98 Å². The summed E-state index contributed by atoms with van der Waals surface area (Å²) in [5.41, 5.74) is 1.23. The van der Waals surface area contributed by atoms with Crippen molar-refractivity contribution in [3.63, 3.8) is 0 Å². The van der Waals surface area contributed by atoms with Crippen LogP contribution in [0.2, 0.25) is 0 Å². The fourth-order valence-corrected chi connectivity index (χ4v) is 3.51. The number of hydrogen-bond donors (Lipinski definition) is 1. The van der Waals surface area contributed by atoms with Crippen molar-refractivity contribution < 1.29 is 0 Å². The highest BCUT2D eigenvalue weighted by Gasteiger charge is 2.06. The van der Waals surface area contributed by atoms with Gasteiger partial charge in [0.25, 0.3) is 0 Å². The molecule has 3 nitrogen and oxygen atoms in total. The van der Waals surface area contributed by atoms with Crippen LogP contribution in [0, 0.1) is 5.92 Å². The molecule has 2 heterocycles. The van der Waals surface area contributed by atoms with Crippen molar-refractivity contribution in [1.82, 2.24) is 10.3 Å². The van der Waals surface area contributed by atoms with Crippen LogP contribution in [0.15, 0.2) is 34.2 Å². The predicted octanol–water partition coefficient (Wildman–Crippen LogP) is 4.29. The molecule has 0 saturated carbocycles. The van der Waals surface area contributed by atoms with Crippen molar-refractivity contribution in [2.45, 2.75) is 26.9 Å². The molecule has 2 aromatic rings. The molecular formula is C16H22BrN3S. The summed E-state index contributed by atoms with van der Waals surface area (Å²) in [6.07, 6.45) is 1.96. The summed E-state index contributed by atoms with van der Waals surface area (Å²) in [5.74, 6) is 1.68. The second-order valence-corrected chi connectivity index (χ2v) is 7.55. The molecule has 21 heavy (non-hydrogen) atoms. The van der Waals surface area contributed by atoms with Crippen LogP contribution in [0.25, 0.3) is 0 Å². The predicted molar refractivity (Wildman–Crippen MR) is 94.9 cm³/mol. The molecule has 0 aliphatic heterocycles. The van der Waals surface area contributed by atoms with E-state index in [-0.39, 0.29) is 0 Å². The molecule has 0 amide bonds. The van der Waals surface area contributed by atoms with Gasteiger partial charge in [-0.2, -0.15) is 0 Å². The quantitative estimate of drug-likeness (QED) is 0.790. The lowest BCUT2D eigenvalue weighted by molar-refractivity contribution is 0.552. The van der Waals surface area contributed by atoms with E-state index in [1.165, 1.54) is 10.4 Å². The average Bonchev–Trinajstić information content (AvgIpc) is 2.84. The Labute approximate surface area is 139 Å². The number of thiophene rings is 1. The van der Waals surface area contributed by atoms with Gasteiger partial charge in [0.2, 0.25) is 0 Å². The first kappa shape index (κ1) is 16.5. The zero-order valence-electron chi connectivity index (χ0n) is 12.8. The molecule has 0 atom stereocenters. The van der Waals surface area contributed by atoms with Crippen molar-refractivity contribution in [1.29, 1.82) is 0 Å². The lowest BCUT2D eigenvalue weighted by Gasteiger charge is -2.17. The zero-order valence-corrected chi connectivity index (χ0v) is 15.2. The Hall–Kier alpha value is -0.910. The van der Waals surface area contributed by atoms with Crippen LogP contribution >= 0.6 is 27.3 Å². The molecule has 2 rings (SSSR count). The zero-order chi connectivity index (χ0) is 15.2. The largest absolute Gasteiger partial charge is 0.355 e. The molecule has 0 spiro atoms. The van der Waals surface area contributed by atoms with Crippen LogP contribution in [0.5, 0.6) is 0 Å². The van der Waals surface area contributed by atoms with Gasteiger partial charge in [0.05, 0.1) is 6.54 Å². The Morgan fingerprint density at radius 2 is 2.19 bits per heavy atom. The van der Waals surface area contributed by atoms with Crippen LogP contribution in [-0.2, 0) is 13.1 Å². The van der Waals surface area contributed by atoms with Gasteiger partial charge in [-0.1, -0.05) is 19.9 Å². The smallest absolute Gasteiger partial charge is 0.128 e. The molecule has 0 aliphatic carbocycles. The summed E-state index contributed by atoms with van der Waals surface area (Å²) in [5, 5.41) is 5.55. The third kappa shape index (κ3) is 5.41. The van der Waals surface area contributed by atoms with E-state index in [2.05, 4.69) is 75.6 Å². The van der Waals surface area contributed by atoms with Gasteiger partial charge in [-0.15, -0.1) is 11.3 Å². The first-order chi connectivity index (χ1) is 10.0. The second-order valence-electron chi connectivity index (χ2n) is 5.64. The van der Waals surface area contributed by atoms with Gasteiger partial charge in [0.1, 0.15) is 5.82 Å². The van der Waals surface area contributed by atoms with E-state index >= 15 is 0 Å². The van der Waals surface area contributed by atoms with E-state index in [4.69, 9.17) is 0 Å². The number of aromatic nitrogens is 1. The number of nitrogens with zero attached hydrogens (tertiary/aromatic N) is 2. The van der Waals surface area contributed by atoms with Gasteiger partial charge in [0, 0.05) is 34.5 Å². The maximum absolute atomic E-state index is 4.56. The van der Waals surface area contributed by atoms with E-state index < -0.39 is 0 Å². The second kappa shape index (κ2) is 7.92. The molecule has 2 aromatic heterocycles. The summed E-state index contributed by atoms with van der Waals surface area (Å²) in [6.45, 7) is 7.23. The lowest BCUT2D eigenvalue weighted by atomic mass is 10.2. The van der Waals surface area contributed by atoms with E-state index in [1.54, 1.807) is 11.3 Å². The molecule has 5 heteroatoms. The molecule has 0 radical (unpaired) electrons. The summed E-state index contributed by atoms with van der Waals surface area (Å²) in [7, 11) is 2.08. The van der Waals surface area contributed by atoms with Crippen LogP contribution in [0.1, 0.15) is 24.3 Å². The maximum atomic E-state index is 4.56. The minimum Gasteiger partial charge on any atom is -0.355 e. The van der Waals surface area contributed by atoms with Gasteiger partial charge >= 0.3 is 0 Å². The summed E-state index contributed by atoms with van der Waals surface area (Å²) >= 11 is 5.25. The Balaban J connectivity index is 1.88. The van der Waals surface area contributed by atoms with Gasteiger partial charge < -0.3 is 10.2 Å². The molecule has 0 unspecified atom stereocenters. The van der Waals surface area contributed by atoms with E-state index in [1.807, 2.05) is 6.20 Å². The summed E-state index contributed by atoms with van der Waals surface area (Å²) in [4.78, 5) is 8.06. The number of anilines is 1. The van der Waals surface area contributed by atoms with Crippen LogP contribution in [0.4, 0.5) is 5.82 Å². The Morgan fingerprint density at radius 1 is 1.38 bits per heavy atom. The molecule has 0 saturated heterocycles. The monoisotopic (exact) mass is 367 g/mol. The van der Waals surface area contributed by atoms with Crippen molar-refractivity contribution in [3.05, 3.63) is 44.7 Å². The van der Waals surface area contributed by atoms with E-state index in [0.717, 1.165) is 29.9 Å². The van der Waals surface area contributed by atoms with Crippen molar-refractivity contribution in [2.75, 3.05) is 18.5 Å². The Morgan fingerprint density at radius 3 is 2.76 bits per heavy atom. The third-order valence-electron chi connectivity index (χ3n) is 3.10. The highest BCUT2D eigenvalue weighted by Crippen LogP contribution is 2.22. The Bertz CT molecular complexity index is 551. The number of hydrogen-bond acceptors (Lipinski definition) is 4. The van der Waals surface area contributed by atoms with Gasteiger partial charge in [0.15, 0.2) is 0 Å². The first-order valence-electron chi connectivity index (χ1n) is 7.14. The standard InChI is InChI=1S/C16H22BrN3S/c1-12(2)7-18-8-13-4-5-16(19-9-13)20(3)10-15-6-14(17)11-21-15/h4-6,9,11-12,18H,7-8,10H2,1-3H3. The highest BCUT2D eigenvalue weighted by atomic mass is 79.9. The molecule has 0 aliphatic rings. The van der Waals surface area contributed by atoms with Crippen LogP contribution < -0.4 is 10.2 Å². The van der Waals surface area contributed by atoms with E-state index in [0.29, 0.717) is 5.92 Å². The SMILES string of the molecule is CC(C)CNCc1ccc(N(C)Cc2cc(Br)cs2)nc1. The summed E-state index contributed by atoms with van der Waals surface area (Å²) in [6, 6.07) is 6.40. The first-order valence-corrected chi connectivity index (χ1v) is 8.81. The molecule has 0 fully saturated rings. The minimum atomic E-state index is 0.675. The van der Waals surface area contributed by atoms with Gasteiger partial charge in [-0.3, -0.25) is 0 Å². The maximum Gasteiger partial charge on any atom is 0.128 e. The molecule has 114 valence electrons. The number of pyridine rings is 1. The van der Waals surface area contributed by atoms with Crippen molar-refractivity contribution in [3.8, 4) is 0 Å². The minimum absolute atomic E-state index is 0.675. The fourth-order valence-electron chi connectivity index (χ4n) is 2.00. The average molecular weight is 368 g/mol. The molecule has 0 aromatic carbocycles. The number of halogens is 1. The normalized spacial score (nSPS) is 11.1. The van der Waals surface area contributed by atoms with Crippen LogP contribution in [-0.4, -0.2) is 18.6 Å². The highest BCUT2D eigenvalue weighted by molar-refractivity contribution is 9.10.